The third-order valence-electron chi connectivity index (χ3n) is 4.98. The summed E-state index contributed by atoms with van der Waals surface area (Å²) in [6.07, 6.45) is 9.73. The molecule has 3 rings (SSSR count). The number of benzene rings is 1. The van der Waals surface area contributed by atoms with Crippen LogP contribution in [0.2, 0.25) is 0 Å². The predicted molar refractivity (Wildman–Crippen MR) is 88.1 cm³/mol. The largest absolute Gasteiger partial charge is 0.393 e. The molecule has 6 heteroatoms. The molecule has 1 fully saturated rings. The second-order valence-corrected chi connectivity index (χ2v) is 6.58. The Kier molecular flexibility index (Phi) is 4.07. The molecule has 0 bridgehead atoms. The highest BCUT2D eigenvalue weighted by Gasteiger charge is 2.37. The third kappa shape index (κ3) is 3.06. The van der Waals surface area contributed by atoms with E-state index in [0.717, 1.165) is 38.6 Å². The molecule has 1 aromatic carbocycles. The van der Waals surface area contributed by atoms with Crippen molar-refractivity contribution in [2.45, 2.75) is 32.1 Å². The average Bonchev–Trinajstić information content (AvgIpc) is 2.55. The van der Waals surface area contributed by atoms with Crippen LogP contribution >= 0.6 is 0 Å². The third-order valence-corrected chi connectivity index (χ3v) is 4.98. The monoisotopic (exact) mass is 315 g/mol. The number of nitrogens with two attached hydrogens (primary N) is 1. The van der Waals surface area contributed by atoms with Gasteiger partial charge in [0.15, 0.2) is 0 Å². The number of anilines is 1. The summed E-state index contributed by atoms with van der Waals surface area (Å²) in [5.41, 5.74) is 6.01. The molecule has 1 atom stereocenters. The SMILES string of the molecule is Nc1ccc(C(=O)N2CCCC3(CC=CCC3)C2)cc1[N+](=O)[O-]. The molecule has 1 aliphatic heterocycles. The summed E-state index contributed by atoms with van der Waals surface area (Å²) in [7, 11) is 0. The van der Waals surface area contributed by atoms with Crippen LogP contribution in [-0.2, 0) is 0 Å². The Morgan fingerprint density at radius 2 is 2.13 bits per heavy atom. The van der Waals surface area contributed by atoms with Crippen molar-refractivity contribution in [2.75, 3.05) is 18.8 Å². The van der Waals surface area contributed by atoms with Crippen LogP contribution < -0.4 is 5.73 Å². The van der Waals surface area contributed by atoms with Gasteiger partial charge < -0.3 is 10.6 Å². The van der Waals surface area contributed by atoms with Gasteiger partial charge in [-0.15, -0.1) is 0 Å². The number of carbonyl (C=O) groups excluding carboxylic acids is 1. The highest BCUT2D eigenvalue weighted by Crippen LogP contribution is 2.41. The fourth-order valence-electron chi connectivity index (χ4n) is 3.71. The van der Waals surface area contributed by atoms with Crippen molar-refractivity contribution in [2.24, 2.45) is 5.41 Å². The van der Waals surface area contributed by atoms with Crippen LogP contribution in [-0.4, -0.2) is 28.8 Å². The standard InChI is InChI=1S/C17H21N3O3/c18-14-6-5-13(11-15(14)20(22)23)16(21)19-10-4-9-17(12-19)7-2-1-3-8-17/h1-2,5-6,11H,3-4,7-10,12,18H2. The van der Waals surface area contributed by atoms with Gasteiger partial charge in [-0.05, 0) is 49.7 Å². The molecule has 2 aliphatic rings. The van der Waals surface area contributed by atoms with Gasteiger partial charge in [0.05, 0.1) is 4.92 Å². The number of nitro benzene ring substituents is 1. The Morgan fingerprint density at radius 1 is 1.30 bits per heavy atom. The minimum absolute atomic E-state index is 0.0825. The summed E-state index contributed by atoms with van der Waals surface area (Å²) in [6.45, 7) is 1.44. The predicted octanol–water partition coefficient (Wildman–Crippen LogP) is 3.14. The molecule has 23 heavy (non-hydrogen) atoms. The Morgan fingerprint density at radius 3 is 2.83 bits per heavy atom. The fraction of sp³-hybridized carbons (Fsp3) is 0.471. The van der Waals surface area contributed by atoms with E-state index >= 15 is 0 Å². The molecule has 1 amide bonds. The first-order valence-electron chi connectivity index (χ1n) is 7.99. The highest BCUT2D eigenvalue weighted by atomic mass is 16.6. The molecule has 1 spiro atoms. The molecule has 2 N–H and O–H groups in total. The first kappa shape index (κ1) is 15.5. The maximum Gasteiger partial charge on any atom is 0.292 e. The van der Waals surface area contributed by atoms with Gasteiger partial charge in [-0.25, -0.2) is 0 Å². The molecule has 0 aromatic heterocycles. The number of hydrogen-bond acceptors (Lipinski definition) is 4. The van der Waals surface area contributed by atoms with Crippen LogP contribution in [0.4, 0.5) is 11.4 Å². The van der Waals surface area contributed by atoms with E-state index in [1.54, 1.807) is 6.07 Å². The summed E-state index contributed by atoms with van der Waals surface area (Å²) in [4.78, 5) is 25.1. The van der Waals surface area contributed by atoms with Crippen LogP contribution in [0, 0.1) is 15.5 Å². The van der Waals surface area contributed by atoms with E-state index < -0.39 is 4.92 Å². The number of nitro groups is 1. The van der Waals surface area contributed by atoms with Gasteiger partial charge in [0.1, 0.15) is 5.69 Å². The van der Waals surface area contributed by atoms with Gasteiger partial charge in [0.2, 0.25) is 0 Å². The van der Waals surface area contributed by atoms with Crippen LogP contribution in [0.3, 0.4) is 0 Å². The lowest BCUT2D eigenvalue weighted by Crippen LogP contribution is -2.46. The zero-order chi connectivity index (χ0) is 16.4. The van der Waals surface area contributed by atoms with Crippen molar-refractivity contribution >= 4 is 17.3 Å². The normalized spacial score (nSPS) is 23.9. The average molecular weight is 315 g/mol. The lowest BCUT2D eigenvalue weighted by atomic mass is 9.71. The topological polar surface area (TPSA) is 89.5 Å². The van der Waals surface area contributed by atoms with Gasteiger partial charge in [0, 0.05) is 24.7 Å². The highest BCUT2D eigenvalue weighted by molar-refractivity contribution is 5.95. The Hall–Kier alpha value is -2.37. The van der Waals surface area contributed by atoms with Crippen LogP contribution in [0.5, 0.6) is 0 Å². The zero-order valence-electron chi connectivity index (χ0n) is 13.0. The summed E-state index contributed by atoms with van der Waals surface area (Å²) < 4.78 is 0. The van der Waals surface area contributed by atoms with Gasteiger partial charge >= 0.3 is 0 Å². The number of hydrogen-bond donors (Lipinski definition) is 1. The van der Waals surface area contributed by atoms with E-state index in [-0.39, 0.29) is 22.7 Å². The Balaban J connectivity index is 1.81. The van der Waals surface area contributed by atoms with Crippen molar-refractivity contribution in [1.29, 1.82) is 0 Å². The minimum atomic E-state index is -0.546. The molecule has 0 radical (unpaired) electrons. The van der Waals surface area contributed by atoms with Crippen molar-refractivity contribution in [3.05, 3.63) is 46.0 Å². The van der Waals surface area contributed by atoms with Crippen molar-refractivity contribution in [1.82, 2.24) is 4.90 Å². The maximum atomic E-state index is 12.8. The Labute approximate surface area is 135 Å². The van der Waals surface area contributed by atoms with Crippen LogP contribution in [0.1, 0.15) is 42.5 Å². The van der Waals surface area contributed by atoms with E-state index in [1.165, 1.54) is 12.1 Å². The minimum Gasteiger partial charge on any atom is -0.393 e. The fourth-order valence-corrected chi connectivity index (χ4v) is 3.71. The number of carbonyl (C=O) groups is 1. The van der Waals surface area contributed by atoms with Crippen molar-refractivity contribution in [3.63, 3.8) is 0 Å². The van der Waals surface area contributed by atoms with E-state index in [9.17, 15) is 14.9 Å². The lowest BCUT2D eigenvalue weighted by Gasteiger charge is -2.44. The molecule has 6 nitrogen and oxygen atoms in total. The van der Waals surface area contributed by atoms with Gasteiger partial charge in [-0.2, -0.15) is 0 Å². The van der Waals surface area contributed by atoms with Crippen molar-refractivity contribution in [3.8, 4) is 0 Å². The van der Waals surface area contributed by atoms with E-state index in [2.05, 4.69) is 12.2 Å². The van der Waals surface area contributed by atoms with Crippen LogP contribution in [0.15, 0.2) is 30.4 Å². The second-order valence-electron chi connectivity index (χ2n) is 6.58. The lowest BCUT2D eigenvalue weighted by molar-refractivity contribution is -0.383. The van der Waals surface area contributed by atoms with Crippen LogP contribution in [0.25, 0.3) is 0 Å². The summed E-state index contributed by atoms with van der Waals surface area (Å²) in [5.74, 6) is -0.137. The summed E-state index contributed by atoms with van der Waals surface area (Å²) >= 11 is 0. The summed E-state index contributed by atoms with van der Waals surface area (Å²) in [5, 5.41) is 11.0. The number of nitrogens with zero attached hydrogens (tertiary/aromatic N) is 2. The Bertz CT molecular complexity index is 671. The number of nitrogen functional groups attached to an aromatic ring is 1. The molecule has 122 valence electrons. The van der Waals surface area contributed by atoms with Gasteiger partial charge in [0.25, 0.3) is 11.6 Å². The smallest absolute Gasteiger partial charge is 0.292 e. The molecular weight excluding hydrogens is 294 g/mol. The molecule has 0 saturated carbocycles. The van der Waals surface area contributed by atoms with E-state index in [1.807, 2.05) is 4.90 Å². The molecule has 1 aromatic rings. The maximum absolute atomic E-state index is 12.8. The van der Waals surface area contributed by atoms with Gasteiger partial charge in [-0.3, -0.25) is 14.9 Å². The van der Waals surface area contributed by atoms with E-state index in [4.69, 9.17) is 5.73 Å². The number of allylic oxidation sites excluding steroid dienone is 2. The number of rotatable bonds is 2. The molecule has 1 unspecified atom stereocenters. The molecule has 1 aliphatic carbocycles. The molecular formula is C17H21N3O3. The zero-order valence-corrected chi connectivity index (χ0v) is 13.0. The number of likely N-dealkylation sites (tertiary alicyclic amines) is 1. The first-order chi connectivity index (χ1) is 11.0. The summed E-state index contributed by atoms with van der Waals surface area (Å²) in [6, 6.07) is 4.31. The van der Waals surface area contributed by atoms with Gasteiger partial charge in [-0.1, -0.05) is 12.2 Å². The number of amides is 1. The quantitative estimate of drug-likeness (QED) is 0.393. The molecule has 1 heterocycles. The molecule has 1 saturated heterocycles. The second kappa shape index (κ2) is 6.02. The van der Waals surface area contributed by atoms with E-state index in [0.29, 0.717) is 12.1 Å². The number of piperidine rings is 1. The first-order valence-corrected chi connectivity index (χ1v) is 7.99. The van der Waals surface area contributed by atoms with Crippen molar-refractivity contribution < 1.29 is 9.72 Å².